The summed E-state index contributed by atoms with van der Waals surface area (Å²) in [5, 5.41) is 3.81. The molecule has 20 heavy (non-hydrogen) atoms. The van der Waals surface area contributed by atoms with Crippen LogP contribution in [0.3, 0.4) is 0 Å². The number of aryl methyl sites for hydroxylation is 3. The van der Waals surface area contributed by atoms with Crippen LogP contribution in [0.15, 0.2) is 12.1 Å². The van der Waals surface area contributed by atoms with Crippen molar-refractivity contribution < 1.29 is 0 Å². The first-order valence-corrected chi connectivity index (χ1v) is 8.29. The zero-order chi connectivity index (χ0) is 14.8. The van der Waals surface area contributed by atoms with Crippen molar-refractivity contribution in [2.24, 2.45) is 5.41 Å². The Hall–Kier alpha value is -0.820. The lowest BCUT2D eigenvalue weighted by atomic mass is 9.67. The molecule has 2 rings (SSSR count). The van der Waals surface area contributed by atoms with Gasteiger partial charge in [0.05, 0.1) is 0 Å². The number of nitrogens with one attached hydrogen (secondary N) is 1. The van der Waals surface area contributed by atoms with E-state index in [2.05, 4.69) is 52.1 Å². The summed E-state index contributed by atoms with van der Waals surface area (Å²) >= 11 is 0. The molecule has 1 aliphatic rings. The zero-order valence-electron chi connectivity index (χ0n) is 14.0. The molecule has 0 bridgehead atoms. The largest absolute Gasteiger partial charge is 0.310 e. The van der Waals surface area contributed by atoms with Gasteiger partial charge in [0.25, 0.3) is 0 Å². The average Bonchev–Trinajstić information content (AvgIpc) is 2.37. The van der Waals surface area contributed by atoms with E-state index in [0.29, 0.717) is 11.5 Å². The van der Waals surface area contributed by atoms with Crippen molar-refractivity contribution in [2.75, 3.05) is 6.54 Å². The summed E-state index contributed by atoms with van der Waals surface area (Å²) in [5.74, 6) is 0. The van der Waals surface area contributed by atoms with Crippen LogP contribution in [0, 0.1) is 26.2 Å². The third-order valence-electron chi connectivity index (χ3n) is 5.13. The van der Waals surface area contributed by atoms with Crippen LogP contribution in [0.2, 0.25) is 0 Å². The van der Waals surface area contributed by atoms with E-state index in [1.807, 2.05) is 0 Å². The van der Waals surface area contributed by atoms with Gasteiger partial charge in [-0.25, -0.2) is 0 Å². The van der Waals surface area contributed by atoms with E-state index in [1.165, 1.54) is 48.8 Å². The molecule has 1 saturated carbocycles. The molecule has 0 aromatic heterocycles. The van der Waals surface area contributed by atoms with Gasteiger partial charge >= 0.3 is 0 Å². The van der Waals surface area contributed by atoms with Gasteiger partial charge in [0, 0.05) is 6.04 Å². The Labute approximate surface area is 125 Å². The lowest BCUT2D eigenvalue weighted by molar-refractivity contribution is 0.145. The summed E-state index contributed by atoms with van der Waals surface area (Å²) < 4.78 is 0. The molecule has 1 atom stereocenters. The lowest BCUT2D eigenvalue weighted by Gasteiger charge is -2.42. The van der Waals surface area contributed by atoms with E-state index < -0.39 is 0 Å². The summed E-state index contributed by atoms with van der Waals surface area (Å²) in [6, 6.07) is 5.20. The number of hydrogen-bond acceptors (Lipinski definition) is 1. The fourth-order valence-electron chi connectivity index (χ4n) is 4.20. The van der Waals surface area contributed by atoms with Crippen LogP contribution in [0.25, 0.3) is 0 Å². The molecule has 1 heteroatoms. The topological polar surface area (TPSA) is 12.0 Å². The van der Waals surface area contributed by atoms with Crippen molar-refractivity contribution in [2.45, 2.75) is 72.8 Å². The fraction of sp³-hybridized carbons (Fsp3) is 0.684. The van der Waals surface area contributed by atoms with Crippen LogP contribution in [0.5, 0.6) is 0 Å². The molecule has 1 aromatic carbocycles. The quantitative estimate of drug-likeness (QED) is 0.791. The molecule has 0 radical (unpaired) electrons. The van der Waals surface area contributed by atoms with Gasteiger partial charge in [-0.15, -0.1) is 0 Å². The minimum absolute atomic E-state index is 0.416. The average molecular weight is 273 g/mol. The van der Waals surface area contributed by atoms with E-state index in [4.69, 9.17) is 0 Å². The molecular weight excluding hydrogens is 242 g/mol. The summed E-state index contributed by atoms with van der Waals surface area (Å²) in [5.41, 5.74) is 6.27. The first-order chi connectivity index (χ1) is 9.48. The number of rotatable bonds is 4. The Kier molecular flexibility index (Phi) is 4.90. The summed E-state index contributed by atoms with van der Waals surface area (Å²) in [6.45, 7) is 12.6. The van der Waals surface area contributed by atoms with E-state index in [1.54, 1.807) is 5.56 Å². The van der Waals surface area contributed by atoms with Crippen LogP contribution in [-0.2, 0) is 0 Å². The summed E-state index contributed by atoms with van der Waals surface area (Å²) in [7, 11) is 0. The minimum Gasteiger partial charge on any atom is -0.310 e. The molecule has 0 saturated heterocycles. The van der Waals surface area contributed by atoms with Crippen molar-refractivity contribution in [1.82, 2.24) is 5.32 Å². The molecule has 0 aliphatic heterocycles. The van der Waals surface area contributed by atoms with E-state index in [9.17, 15) is 0 Å². The Balaban J connectivity index is 2.43. The van der Waals surface area contributed by atoms with Gasteiger partial charge in [-0.3, -0.25) is 0 Å². The van der Waals surface area contributed by atoms with Gasteiger partial charge in [0.2, 0.25) is 0 Å². The highest BCUT2D eigenvalue weighted by atomic mass is 14.9. The van der Waals surface area contributed by atoms with Gasteiger partial charge < -0.3 is 5.32 Å². The molecule has 0 spiro atoms. The van der Waals surface area contributed by atoms with Gasteiger partial charge in [0.1, 0.15) is 0 Å². The standard InChI is InChI=1S/C19H31N/c1-6-20-18(19(5)10-8-7-9-11-19)17-15(3)12-14(2)13-16(17)4/h12-13,18,20H,6-11H2,1-5H3. The molecule has 0 heterocycles. The molecule has 1 aliphatic carbocycles. The third kappa shape index (κ3) is 3.09. The van der Waals surface area contributed by atoms with Gasteiger partial charge in [0.15, 0.2) is 0 Å². The highest BCUT2D eigenvalue weighted by Gasteiger charge is 2.37. The summed E-state index contributed by atoms with van der Waals surface area (Å²) in [6.07, 6.45) is 6.92. The van der Waals surface area contributed by atoms with Crippen molar-refractivity contribution >= 4 is 0 Å². The number of hydrogen-bond donors (Lipinski definition) is 1. The van der Waals surface area contributed by atoms with Crippen LogP contribution in [0.4, 0.5) is 0 Å². The van der Waals surface area contributed by atoms with Gasteiger partial charge in [-0.05, 0) is 62.3 Å². The predicted molar refractivity (Wildman–Crippen MR) is 88.3 cm³/mol. The molecule has 1 N–H and O–H groups in total. The molecule has 1 unspecified atom stereocenters. The Bertz CT molecular complexity index is 432. The predicted octanol–water partition coefficient (Wildman–Crippen LogP) is 5.23. The maximum absolute atomic E-state index is 3.81. The Morgan fingerprint density at radius 1 is 1.05 bits per heavy atom. The fourth-order valence-corrected chi connectivity index (χ4v) is 4.20. The Morgan fingerprint density at radius 3 is 2.10 bits per heavy atom. The van der Waals surface area contributed by atoms with Crippen molar-refractivity contribution in [3.8, 4) is 0 Å². The number of benzene rings is 1. The first-order valence-electron chi connectivity index (χ1n) is 8.29. The van der Waals surface area contributed by atoms with Gasteiger partial charge in [-0.2, -0.15) is 0 Å². The second-order valence-electron chi connectivity index (χ2n) is 7.02. The molecule has 112 valence electrons. The van der Waals surface area contributed by atoms with Crippen LogP contribution in [0.1, 0.15) is 74.2 Å². The molecule has 1 nitrogen and oxygen atoms in total. The third-order valence-corrected chi connectivity index (χ3v) is 5.13. The van der Waals surface area contributed by atoms with Crippen molar-refractivity contribution in [1.29, 1.82) is 0 Å². The smallest absolute Gasteiger partial charge is 0.0379 e. The van der Waals surface area contributed by atoms with E-state index in [0.717, 1.165) is 6.54 Å². The SMILES string of the molecule is CCNC(c1c(C)cc(C)cc1C)C1(C)CCCCC1. The highest BCUT2D eigenvalue weighted by molar-refractivity contribution is 5.40. The van der Waals surface area contributed by atoms with Crippen LogP contribution >= 0.6 is 0 Å². The molecular formula is C19H31N. The lowest BCUT2D eigenvalue weighted by Crippen LogP contribution is -2.38. The second-order valence-corrected chi connectivity index (χ2v) is 7.02. The van der Waals surface area contributed by atoms with Crippen LogP contribution < -0.4 is 5.32 Å². The van der Waals surface area contributed by atoms with Crippen molar-refractivity contribution in [3.05, 3.63) is 34.4 Å². The monoisotopic (exact) mass is 273 g/mol. The molecule has 1 aromatic rings. The highest BCUT2D eigenvalue weighted by Crippen LogP contribution is 2.47. The second kappa shape index (κ2) is 6.30. The molecule has 1 fully saturated rings. The summed E-state index contributed by atoms with van der Waals surface area (Å²) in [4.78, 5) is 0. The first kappa shape index (κ1) is 15.6. The van der Waals surface area contributed by atoms with E-state index >= 15 is 0 Å². The molecule has 0 amide bonds. The zero-order valence-corrected chi connectivity index (χ0v) is 14.0. The van der Waals surface area contributed by atoms with Crippen molar-refractivity contribution in [3.63, 3.8) is 0 Å². The maximum Gasteiger partial charge on any atom is 0.0379 e. The minimum atomic E-state index is 0.416. The maximum atomic E-state index is 3.81. The van der Waals surface area contributed by atoms with Gasteiger partial charge in [-0.1, -0.05) is 50.8 Å². The van der Waals surface area contributed by atoms with E-state index in [-0.39, 0.29) is 0 Å². The normalized spacial score (nSPS) is 19.9. The Morgan fingerprint density at radius 2 is 1.60 bits per heavy atom. The van der Waals surface area contributed by atoms with Crippen LogP contribution in [-0.4, -0.2) is 6.54 Å².